The number of hydrogen-bond donors (Lipinski definition) is 1. The molecule has 0 fully saturated rings. The van der Waals surface area contributed by atoms with Gasteiger partial charge in [0, 0.05) is 22.7 Å². The van der Waals surface area contributed by atoms with Crippen molar-refractivity contribution in [3.05, 3.63) is 24.3 Å². The zero-order chi connectivity index (χ0) is 18.4. The molecule has 0 saturated heterocycles. The van der Waals surface area contributed by atoms with E-state index in [1.165, 1.54) is 0 Å². The summed E-state index contributed by atoms with van der Waals surface area (Å²) in [7, 11) is 0. The Hall–Kier alpha value is -1.53. The zero-order valence-electron chi connectivity index (χ0n) is 15.6. The van der Waals surface area contributed by atoms with Gasteiger partial charge >= 0.3 is 0 Å². The van der Waals surface area contributed by atoms with Crippen LogP contribution in [0.15, 0.2) is 29.2 Å². The molecule has 25 heavy (non-hydrogen) atoms. The van der Waals surface area contributed by atoms with E-state index >= 15 is 0 Å². The van der Waals surface area contributed by atoms with E-state index in [0.29, 0.717) is 11.8 Å². The van der Waals surface area contributed by atoms with Gasteiger partial charge in [-0.05, 0) is 38.9 Å². The third-order valence-corrected chi connectivity index (χ3v) is 5.40. The molecule has 1 aliphatic heterocycles. The summed E-state index contributed by atoms with van der Waals surface area (Å²) < 4.78 is 0. The van der Waals surface area contributed by atoms with Crippen molar-refractivity contribution in [3.8, 4) is 0 Å². The number of thioether (sulfide) groups is 1. The summed E-state index contributed by atoms with van der Waals surface area (Å²) in [5.74, 6) is 0.0199. The molecule has 0 spiro atoms. The molecule has 0 saturated carbocycles. The zero-order valence-corrected chi connectivity index (χ0v) is 16.4. The standard InChI is InChI=1S/C19H29N3O2S/c1-5-21(12-18(23)20-14(2)3)13-19(24)22-11-10-15(4)25-17-9-7-6-8-16(17)22/h6-9,14-15H,5,10-13H2,1-4H3,(H,20,23). The lowest BCUT2D eigenvalue weighted by Crippen LogP contribution is -2.45. The molecule has 1 unspecified atom stereocenters. The molecule has 1 aromatic carbocycles. The first-order chi connectivity index (χ1) is 11.9. The van der Waals surface area contributed by atoms with Gasteiger partial charge in [0.15, 0.2) is 0 Å². The molecule has 1 aliphatic rings. The highest BCUT2D eigenvalue weighted by Crippen LogP contribution is 2.37. The highest BCUT2D eigenvalue weighted by atomic mass is 32.2. The summed E-state index contributed by atoms with van der Waals surface area (Å²) in [6.45, 7) is 9.95. The van der Waals surface area contributed by atoms with Gasteiger partial charge in [-0.3, -0.25) is 14.5 Å². The fourth-order valence-electron chi connectivity index (χ4n) is 2.87. The monoisotopic (exact) mass is 363 g/mol. The minimum absolute atomic E-state index is 0.0369. The van der Waals surface area contributed by atoms with Gasteiger partial charge in [-0.15, -0.1) is 11.8 Å². The number of nitrogens with one attached hydrogen (secondary N) is 1. The largest absolute Gasteiger partial charge is 0.353 e. The van der Waals surface area contributed by atoms with Crippen molar-refractivity contribution in [2.24, 2.45) is 0 Å². The normalized spacial score (nSPS) is 17.4. The topological polar surface area (TPSA) is 52.7 Å². The average Bonchev–Trinajstić information content (AvgIpc) is 2.71. The first-order valence-corrected chi connectivity index (χ1v) is 9.86. The van der Waals surface area contributed by atoms with Gasteiger partial charge in [0.2, 0.25) is 11.8 Å². The number of likely N-dealkylation sites (N-methyl/N-ethyl adjacent to an activating group) is 1. The Morgan fingerprint density at radius 2 is 2.04 bits per heavy atom. The molecular formula is C19H29N3O2S. The second-order valence-corrected chi connectivity index (χ2v) is 8.24. The van der Waals surface area contributed by atoms with Gasteiger partial charge < -0.3 is 10.2 Å². The Kier molecular flexibility index (Phi) is 7.32. The average molecular weight is 364 g/mol. The third-order valence-electron chi connectivity index (χ3n) is 4.17. The molecule has 0 aromatic heterocycles. The maximum absolute atomic E-state index is 12.9. The summed E-state index contributed by atoms with van der Waals surface area (Å²) in [5, 5.41) is 3.37. The number of anilines is 1. The van der Waals surface area contributed by atoms with E-state index in [4.69, 9.17) is 0 Å². The van der Waals surface area contributed by atoms with Crippen LogP contribution in [0.3, 0.4) is 0 Å². The number of rotatable bonds is 6. The molecule has 2 amide bonds. The summed E-state index contributed by atoms with van der Waals surface area (Å²) in [6.07, 6.45) is 0.963. The number of hydrogen-bond acceptors (Lipinski definition) is 4. The van der Waals surface area contributed by atoms with Gasteiger partial charge in [-0.2, -0.15) is 0 Å². The summed E-state index contributed by atoms with van der Waals surface area (Å²) in [5.41, 5.74) is 0.990. The molecule has 1 aromatic rings. The van der Waals surface area contributed by atoms with E-state index in [1.807, 2.05) is 60.5 Å². The lowest BCUT2D eigenvalue weighted by atomic mass is 10.2. The Morgan fingerprint density at radius 3 is 2.72 bits per heavy atom. The lowest BCUT2D eigenvalue weighted by Gasteiger charge is -2.26. The van der Waals surface area contributed by atoms with Gasteiger partial charge in [0.25, 0.3) is 0 Å². The number of carbonyl (C=O) groups excluding carboxylic acids is 2. The van der Waals surface area contributed by atoms with Crippen molar-refractivity contribution in [1.82, 2.24) is 10.2 Å². The van der Waals surface area contributed by atoms with E-state index in [1.54, 1.807) is 0 Å². The number of carbonyl (C=O) groups is 2. The smallest absolute Gasteiger partial charge is 0.241 e. The summed E-state index contributed by atoms with van der Waals surface area (Å²) in [4.78, 5) is 29.9. The van der Waals surface area contributed by atoms with Crippen LogP contribution in [-0.4, -0.2) is 54.2 Å². The molecule has 5 nitrogen and oxygen atoms in total. The Balaban J connectivity index is 2.07. The molecule has 0 bridgehead atoms. The van der Waals surface area contributed by atoms with Crippen LogP contribution in [-0.2, 0) is 9.59 Å². The first-order valence-electron chi connectivity index (χ1n) is 8.98. The third kappa shape index (κ3) is 5.75. The van der Waals surface area contributed by atoms with Crippen LogP contribution < -0.4 is 10.2 Å². The van der Waals surface area contributed by atoms with Crippen LogP contribution in [0.25, 0.3) is 0 Å². The van der Waals surface area contributed by atoms with Crippen molar-refractivity contribution in [2.45, 2.75) is 50.3 Å². The van der Waals surface area contributed by atoms with Crippen LogP contribution in [0.4, 0.5) is 5.69 Å². The highest BCUT2D eigenvalue weighted by molar-refractivity contribution is 8.00. The molecule has 0 radical (unpaired) electrons. The number of amides is 2. The molecular weight excluding hydrogens is 334 g/mol. The quantitative estimate of drug-likeness (QED) is 0.844. The molecule has 1 N–H and O–H groups in total. The molecule has 2 rings (SSSR count). The Bertz CT molecular complexity index is 606. The van der Waals surface area contributed by atoms with Gasteiger partial charge in [0.05, 0.1) is 18.8 Å². The van der Waals surface area contributed by atoms with Crippen molar-refractivity contribution in [3.63, 3.8) is 0 Å². The summed E-state index contributed by atoms with van der Waals surface area (Å²) >= 11 is 1.82. The first kappa shape index (κ1) is 19.8. The second kappa shape index (κ2) is 9.25. The van der Waals surface area contributed by atoms with Crippen LogP contribution in [0.1, 0.15) is 34.1 Å². The van der Waals surface area contributed by atoms with E-state index < -0.39 is 0 Å². The highest BCUT2D eigenvalue weighted by Gasteiger charge is 2.25. The number of para-hydroxylation sites is 1. The number of benzene rings is 1. The Labute approximate surface area is 155 Å². The maximum atomic E-state index is 12.9. The predicted octanol–water partition coefficient (Wildman–Crippen LogP) is 2.75. The van der Waals surface area contributed by atoms with E-state index in [2.05, 4.69) is 18.3 Å². The van der Waals surface area contributed by atoms with Gasteiger partial charge in [-0.25, -0.2) is 0 Å². The Morgan fingerprint density at radius 1 is 1.32 bits per heavy atom. The predicted molar refractivity (Wildman–Crippen MR) is 104 cm³/mol. The summed E-state index contributed by atoms with van der Waals surface area (Å²) in [6, 6.07) is 8.19. The fraction of sp³-hybridized carbons (Fsp3) is 0.579. The number of nitrogens with zero attached hydrogens (tertiary/aromatic N) is 2. The van der Waals surface area contributed by atoms with Crippen molar-refractivity contribution < 1.29 is 9.59 Å². The molecule has 1 atom stereocenters. The van der Waals surface area contributed by atoms with Crippen LogP contribution in [0, 0.1) is 0 Å². The SMILES string of the molecule is CCN(CC(=O)NC(C)C)CC(=O)N1CCC(C)Sc2ccccc21. The van der Waals surface area contributed by atoms with E-state index in [0.717, 1.165) is 23.5 Å². The molecule has 6 heteroatoms. The molecule has 1 heterocycles. The van der Waals surface area contributed by atoms with Crippen LogP contribution in [0.5, 0.6) is 0 Å². The minimum Gasteiger partial charge on any atom is -0.353 e. The minimum atomic E-state index is -0.0369. The lowest BCUT2D eigenvalue weighted by molar-refractivity contribution is -0.124. The van der Waals surface area contributed by atoms with Crippen LogP contribution >= 0.6 is 11.8 Å². The van der Waals surface area contributed by atoms with E-state index in [-0.39, 0.29) is 30.9 Å². The maximum Gasteiger partial charge on any atom is 0.241 e. The van der Waals surface area contributed by atoms with Crippen LogP contribution in [0.2, 0.25) is 0 Å². The van der Waals surface area contributed by atoms with Crippen molar-refractivity contribution in [2.75, 3.05) is 31.1 Å². The molecule has 0 aliphatic carbocycles. The van der Waals surface area contributed by atoms with Gasteiger partial charge in [-0.1, -0.05) is 26.0 Å². The van der Waals surface area contributed by atoms with Gasteiger partial charge in [0.1, 0.15) is 0 Å². The second-order valence-electron chi connectivity index (χ2n) is 6.76. The van der Waals surface area contributed by atoms with Crippen molar-refractivity contribution >= 4 is 29.3 Å². The van der Waals surface area contributed by atoms with E-state index in [9.17, 15) is 9.59 Å². The molecule has 138 valence electrons. The fourth-order valence-corrected chi connectivity index (χ4v) is 3.99. The number of fused-ring (bicyclic) bond motifs is 1. The van der Waals surface area contributed by atoms with Crippen molar-refractivity contribution in [1.29, 1.82) is 0 Å².